The number of hydrogen-bond acceptors (Lipinski definition) is 1. The number of hydrogen-bond donors (Lipinski definition) is 0. The summed E-state index contributed by atoms with van der Waals surface area (Å²) in [7, 11) is 0. The number of rotatable bonds is 5. The molecule has 1 rings (SSSR count). The third-order valence-electron chi connectivity index (χ3n) is 3.22. The van der Waals surface area contributed by atoms with Gasteiger partial charge in [-0.15, -0.1) is 0 Å². The lowest BCUT2D eigenvalue weighted by Gasteiger charge is -2.11. The summed E-state index contributed by atoms with van der Waals surface area (Å²) in [5, 5.41) is 0. The average molecular weight is 298 g/mol. The lowest BCUT2D eigenvalue weighted by atomic mass is 9.91. The van der Waals surface area contributed by atoms with Crippen LogP contribution in [0.5, 0.6) is 0 Å². The maximum Gasteiger partial charge on any atom is 0.193 e. The van der Waals surface area contributed by atoms with E-state index in [-0.39, 0.29) is 5.78 Å². The molecule has 1 aromatic rings. The number of Topliss-reactive ketones (excluding diaryl/α,β-unsaturated/α-hetero) is 1. The van der Waals surface area contributed by atoms with Gasteiger partial charge in [0.2, 0.25) is 0 Å². The molecule has 1 nitrogen and oxygen atoms in total. The van der Waals surface area contributed by atoms with Crippen LogP contribution in [0, 0.1) is 13.8 Å². The Morgan fingerprint density at radius 3 is 2.23 bits per heavy atom. The SMILES string of the molecule is C=C/C=C(CC)\C(=C/C)C(=O)c1cc(C)ccc1C.CCC. The van der Waals surface area contributed by atoms with Gasteiger partial charge < -0.3 is 0 Å². The summed E-state index contributed by atoms with van der Waals surface area (Å²) < 4.78 is 0. The highest BCUT2D eigenvalue weighted by Crippen LogP contribution is 2.22. The summed E-state index contributed by atoms with van der Waals surface area (Å²) in [6.45, 7) is 15.9. The summed E-state index contributed by atoms with van der Waals surface area (Å²) in [6.07, 6.45) is 7.61. The molecule has 0 saturated heterocycles. The number of aryl methyl sites for hydroxylation is 2. The predicted octanol–water partition coefficient (Wildman–Crippen LogP) is 6.37. The maximum atomic E-state index is 12.7. The quantitative estimate of drug-likeness (QED) is 0.350. The van der Waals surface area contributed by atoms with Crippen molar-refractivity contribution in [3.05, 3.63) is 70.8 Å². The van der Waals surface area contributed by atoms with Gasteiger partial charge in [0, 0.05) is 11.1 Å². The van der Waals surface area contributed by atoms with Gasteiger partial charge in [-0.05, 0) is 44.4 Å². The predicted molar refractivity (Wildman–Crippen MR) is 98.5 cm³/mol. The second-order valence-corrected chi connectivity index (χ2v) is 5.34. The van der Waals surface area contributed by atoms with Crippen LogP contribution in [0.1, 0.15) is 62.0 Å². The van der Waals surface area contributed by atoms with Crippen LogP contribution in [0.4, 0.5) is 0 Å². The van der Waals surface area contributed by atoms with Crippen molar-refractivity contribution < 1.29 is 4.79 Å². The van der Waals surface area contributed by atoms with E-state index in [0.717, 1.165) is 34.3 Å². The lowest BCUT2D eigenvalue weighted by Crippen LogP contribution is -2.08. The first-order chi connectivity index (χ1) is 10.5. The molecule has 120 valence electrons. The van der Waals surface area contributed by atoms with Gasteiger partial charge in [0.05, 0.1) is 0 Å². The van der Waals surface area contributed by atoms with Gasteiger partial charge in [-0.25, -0.2) is 0 Å². The van der Waals surface area contributed by atoms with Gasteiger partial charge in [-0.2, -0.15) is 0 Å². The first-order valence-electron chi connectivity index (χ1n) is 8.06. The molecule has 0 fully saturated rings. The number of allylic oxidation sites excluding steroid dienone is 5. The van der Waals surface area contributed by atoms with Crippen molar-refractivity contribution in [2.45, 2.75) is 54.4 Å². The van der Waals surface area contributed by atoms with Gasteiger partial charge in [-0.1, -0.05) is 69.7 Å². The Kier molecular flexibility index (Phi) is 9.86. The molecule has 0 aliphatic heterocycles. The fraction of sp³-hybridized carbons (Fsp3) is 0.381. The van der Waals surface area contributed by atoms with Crippen molar-refractivity contribution in [1.82, 2.24) is 0 Å². The molecule has 1 aromatic carbocycles. The molecule has 22 heavy (non-hydrogen) atoms. The van der Waals surface area contributed by atoms with Crippen LogP contribution in [-0.2, 0) is 0 Å². The molecule has 1 heteroatoms. The topological polar surface area (TPSA) is 17.1 Å². The van der Waals surface area contributed by atoms with Crippen LogP contribution in [0.15, 0.2) is 54.2 Å². The van der Waals surface area contributed by atoms with Crippen molar-refractivity contribution in [1.29, 1.82) is 0 Å². The van der Waals surface area contributed by atoms with Crippen LogP contribution < -0.4 is 0 Å². The molecule has 0 spiro atoms. The summed E-state index contributed by atoms with van der Waals surface area (Å²) in [5.74, 6) is 0.0960. The number of carbonyl (C=O) groups excluding carboxylic acids is 1. The Hall–Kier alpha value is -1.89. The molecule has 0 aliphatic carbocycles. The number of benzene rings is 1. The molecule has 0 aliphatic rings. The summed E-state index contributed by atoms with van der Waals surface area (Å²) in [6, 6.07) is 5.99. The van der Waals surface area contributed by atoms with E-state index in [1.54, 1.807) is 6.08 Å². The van der Waals surface area contributed by atoms with E-state index in [4.69, 9.17) is 0 Å². The van der Waals surface area contributed by atoms with Crippen molar-refractivity contribution in [2.75, 3.05) is 0 Å². The van der Waals surface area contributed by atoms with Crippen molar-refractivity contribution in [3.63, 3.8) is 0 Å². The second kappa shape index (κ2) is 10.8. The van der Waals surface area contributed by atoms with E-state index in [9.17, 15) is 4.79 Å². The third-order valence-corrected chi connectivity index (χ3v) is 3.22. The third kappa shape index (κ3) is 5.85. The van der Waals surface area contributed by atoms with Crippen LogP contribution >= 0.6 is 0 Å². The summed E-state index contributed by atoms with van der Waals surface area (Å²) in [4.78, 5) is 12.7. The van der Waals surface area contributed by atoms with Crippen molar-refractivity contribution in [2.24, 2.45) is 0 Å². The molecule has 0 saturated carbocycles. The zero-order valence-electron chi connectivity index (χ0n) is 15.0. The van der Waals surface area contributed by atoms with Crippen LogP contribution in [-0.4, -0.2) is 5.78 Å². The van der Waals surface area contributed by atoms with Gasteiger partial charge in [0.15, 0.2) is 5.78 Å². The number of ketones is 1. The minimum atomic E-state index is 0.0960. The molecule has 0 amide bonds. The van der Waals surface area contributed by atoms with E-state index in [1.165, 1.54) is 6.42 Å². The first-order valence-corrected chi connectivity index (χ1v) is 8.06. The zero-order valence-corrected chi connectivity index (χ0v) is 15.0. The molecule has 0 aromatic heterocycles. The normalized spacial score (nSPS) is 11.5. The minimum absolute atomic E-state index is 0.0960. The Morgan fingerprint density at radius 1 is 1.18 bits per heavy atom. The smallest absolute Gasteiger partial charge is 0.193 e. The minimum Gasteiger partial charge on any atom is -0.289 e. The van der Waals surface area contributed by atoms with Gasteiger partial charge in [0.1, 0.15) is 0 Å². The van der Waals surface area contributed by atoms with Gasteiger partial charge in [0.25, 0.3) is 0 Å². The maximum absolute atomic E-state index is 12.7. The average Bonchev–Trinajstić information content (AvgIpc) is 2.50. The monoisotopic (exact) mass is 298 g/mol. The largest absolute Gasteiger partial charge is 0.289 e. The molecule has 0 radical (unpaired) electrons. The van der Waals surface area contributed by atoms with Crippen LogP contribution in [0.25, 0.3) is 0 Å². The van der Waals surface area contributed by atoms with E-state index in [0.29, 0.717) is 0 Å². The van der Waals surface area contributed by atoms with Gasteiger partial charge >= 0.3 is 0 Å². The van der Waals surface area contributed by atoms with Crippen LogP contribution in [0.2, 0.25) is 0 Å². The van der Waals surface area contributed by atoms with E-state index >= 15 is 0 Å². The second-order valence-electron chi connectivity index (χ2n) is 5.34. The highest BCUT2D eigenvalue weighted by atomic mass is 16.1. The molecule has 0 bridgehead atoms. The molecular weight excluding hydrogens is 268 g/mol. The van der Waals surface area contributed by atoms with Crippen molar-refractivity contribution >= 4 is 5.78 Å². The summed E-state index contributed by atoms with van der Waals surface area (Å²) >= 11 is 0. The Bertz CT molecular complexity index is 559. The van der Waals surface area contributed by atoms with Crippen LogP contribution in [0.3, 0.4) is 0 Å². The Morgan fingerprint density at radius 2 is 1.77 bits per heavy atom. The summed E-state index contributed by atoms with van der Waals surface area (Å²) in [5.41, 5.74) is 4.72. The van der Waals surface area contributed by atoms with E-state index in [2.05, 4.69) is 27.4 Å². The number of carbonyl (C=O) groups is 1. The molecule has 0 N–H and O–H groups in total. The standard InChI is InChI=1S/C18H22O.C3H8/c1-6-9-15(7-2)16(8-3)18(19)17-12-13(4)10-11-14(17)5;1-3-2/h6,8-12H,1,7H2,2-5H3;3H2,1-2H3/b15-9-,16-8+;. The lowest BCUT2D eigenvalue weighted by molar-refractivity contribution is 0.103. The Labute approximate surface area is 136 Å². The highest BCUT2D eigenvalue weighted by molar-refractivity contribution is 6.12. The molecule has 0 unspecified atom stereocenters. The van der Waals surface area contributed by atoms with Crippen molar-refractivity contribution in [3.8, 4) is 0 Å². The Balaban J connectivity index is 0.00000135. The highest BCUT2D eigenvalue weighted by Gasteiger charge is 2.16. The van der Waals surface area contributed by atoms with E-state index < -0.39 is 0 Å². The first kappa shape index (κ1) is 20.1. The fourth-order valence-electron chi connectivity index (χ4n) is 2.13. The molecule has 0 atom stereocenters. The fourth-order valence-corrected chi connectivity index (χ4v) is 2.13. The van der Waals surface area contributed by atoms with E-state index in [1.807, 2.05) is 51.1 Å². The zero-order chi connectivity index (χ0) is 17.1. The molecule has 0 heterocycles. The molecular formula is C21H30O. The van der Waals surface area contributed by atoms with Gasteiger partial charge in [-0.3, -0.25) is 4.79 Å².